The second-order valence-electron chi connectivity index (χ2n) is 16.7. The maximum Gasteiger partial charge on any atom is 0.509 e. The molecule has 5 rings (SSSR count). The van der Waals surface area contributed by atoms with Crippen molar-refractivity contribution in [1.29, 1.82) is 0 Å². The molecule has 2 aromatic rings. The van der Waals surface area contributed by atoms with Crippen molar-refractivity contribution < 1.29 is 57.5 Å². The maximum absolute atomic E-state index is 14.4. The SMILES string of the molecule is CC[C@H]1OC(=O)[C@H](C)C(=O)[C@H](C)[C@@H](O[C@@H]2O[C@H](C)C[C@H](N(C)C)[C@H]2O)[C@](C)(OC(=O)OC/C=C/c2ccc(-c3ccccn3)s2)C[C@@H](C)C(=O)[C@H](C)[C@H]2NC(=O)O[C@@]21C. The highest BCUT2D eigenvalue weighted by Gasteiger charge is 2.57. The summed E-state index contributed by atoms with van der Waals surface area (Å²) >= 11 is 1.51. The van der Waals surface area contributed by atoms with Crippen LogP contribution < -0.4 is 5.32 Å². The van der Waals surface area contributed by atoms with Crippen LogP contribution in [0.15, 0.2) is 42.6 Å². The number of ether oxygens (including phenoxy) is 6. The van der Waals surface area contributed by atoms with Crippen LogP contribution in [-0.2, 0) is 42.8 Å². The minimum Gasteiger partial charge on any atom is -0.458 e. The van der Waals surface area contributed by atoms with E-state index >= 15 is 0 Å². The Kier molecular flexibility index (Phi) is 14.8. The van der Waals surface area contributed by atoms with E-state index in [1.807, 2.05) is 56.3 Å². The molecule has 3 aliphatic heterocycles. The van der Waals surface area contributed by atoms with Gasteiger partial charge in [-0.2, -0.15) is 0 Å². The van der Waals surface area contributed by atoms with Gasteiger partial charge in [0.05, 0.1) is 22.7 Å². The number of amides is 1. The summed E-state index contributed by atoms with van der Waals surface area (Å²) in [6, 6.07) is 8.25. The molecule has 13 atom stereocenters. The number of esters is 1. The number of nitrogens with one attached hydrogen (secondary N) is 1. The van der Waals surface area contributed by atoms with Crippen LogP contribution in [0.4, 0.5) is 9.59 Å². The number of Topliss-reactive ketones (excluding diaryl/α,β-unsaturated/α-hetero) is 2. The fourth-order valence-electron chi connectivity index (χ4n) is 8.67. The largest absolute Gasteiger partial charge is 0.509 e. The number of fused-ring (bicyclic) bond motifs is 1. The van der Waals surface area contributed by atoms with E-state index in [0.29, 0.717) is 6.42 Å². The van der Waals surface area contributed by atoms with Crippen molar-refractivity contribution in [2.45, 2.75) is 129 Å². The Morgan fingerprint density at radius 3 is 2.44 bits per heavy atom. The molecule has 0 bridgehead atoms. The highest BCUT2D eigenvalue weighted by Crippen LogP contribution is 2.41. The fraction of sp³-hybridized carbons (Fsp3) is 0.628. The number of hydrogen-bond donors (Lipinski definition) is 2. The molecule has 0 radical (unpaired) electrons. The molecule has 15 nitrogen and oxygen atoms in total. The van der Waals surface area contributed by atoms with Crippen molar-refractivity contribution in [3.63, 3.8) is 0 Å². The Hall–Kier alpha value is -4.22. The Labute approximate surface area is 350 Å². The summed E-state index contributed by atoms with van der Waals surface area (Å²) in [5.41, 5.74) is -2.41. The molecule has 0 aliphatic carbocycles. The van der Waals surface area contributed by atoms with Gasteiger partial charge in [-0.25, -0.2) is 9.59 Å². The second kappa shape index (κ2) is 19.0. The first kappa shape index (κ1) is 45.9. The average molecular weight is 842 g/mol. The molecule has 0 aromatic carbocycles. The molecule has 0 saturated carbocycles. The number of aliphatic hydroxyl groups is 1. The van der Waals surface area contributed by atoms with Crippen LogP contribution in [0.5, 0.6) is 0 Å². The molecule has 2 N–H and O–H groups in total. The molecule has 324 valence electrons. The summed E-state index contributed by atoms with van der Waals surface area (Å²) < 4.78 is 36.1. The van der Waals surface area contributed by atoms with Gasteiger partial charge in [0.1, 0.15) is 42.2 Å². The van der Waals surface area contributed by atoms with E-state index in [1.165, 1.54) is 32.1 Å². The van der Waals surface area contributed by atoms with Crippen molar-refractivity contribution in [3.8, 4) is 10.6 Å². The molecule has 5 heterocycles. The van der Waals surface area contributed by atoms with Gasteiger partial charge in [-0.3, -0.25) is 19.4 Å². The summed E-state index contributed by atoms with van der Waals surface area (Å²) in [6.07, 6.45) is -1.41. The number of carbonyl (C=O) groups is 5. The number of pyridine rings is 1. The Morgan fingerprint density at radius 1 is 1.05 bits per heavy atom. The van der Waals surface area contributed by atoms with Gasteiger partial charge in [0.25, 0.3) is 0 Å². The Morgan fingerprint density at radius 2 is 1.78 bits per heavy atom. The molecular weight excluding hydrogens is 783 g/mol. The van der Waals surface area contributed by atoms with Gasteiger partial charge in [-0.1, -0.05) is 33.8 Å². The van der Waals surface area contributed by atoms with E-state index in [1.54, 1.807) is 46.0 Å². The van der Waals surface area contributed by atoms with E-state index in [0.717, 1.165) is 15.4 Å². The summed E-state index contributed by atoms with van der Waals surface area (Å²) in [4.78, 5) is 77.2. The van der Waals surface area contributed by atoms with Crippen LogP contribution in [0.25, 0.3) is 16.6 Å². The van der Waals surface area contributed by atoms with Crippen LogP contribution in [0.1, 0.15) is 79.5 Å². The molecule has 2 aromatic heterocycles. The number of carbonyl (C=O) groups excluding carboxylic acids is 5. The first-order chi connectivity index (χ1) is 27.8. The zero-order valence-corrected chi connectivity index (χ0v) is 36.4. The molecule has 0 unspecified atom stereocenters. The number of alkyl carbamates (subject to hydrolysis) is 1. The topological polar surface area (TPSA) is 189 Å². The highest BCUT2D eigenvalue weighted by atomic mass is 32.1. The van der Waals surface area contributed by atoms with Gasteiger partial charge in [0, 0.05) is 34.9 Å². The predicted octanol–water partition coefficient (Wildman–Crippen LogP) is 5.82. The summed E-state index contributed by atoms with van der Waals surface area (Å²) in [7, 11) is 3.64. The van der Waals surface area contributed by atoms with Crippen molar-refractivity contribution in [2.75, 3.05) is 20.7 Å². The van der Waals surface area contributed by atoms with Crippen LogP contribution in [0.3, 0.4) is 0 Å². The zero-order valence-electron chi connectivity index (χ0n) is 35.5. The van der Waals surface area contributed by atoms with Crippen LogP contribution in [-0.4, -0.2) is 119 Å². The number of hydrogen-bond acceptors (Lipinski definition) is 15. The van der Waals surface area contributed by atoms with Gasteiger partial charge in [-0.05, 0) is 97.5 Å². The van der Waals surface area contributed by atoms with Crippen molar-refractivity contribution >= 4 is 47.2 Å². The number of rotatable bonds is 9. The van der Waals surface area contributed by atoms with Crippen LogP contribution in [0.2, 0.25) is 0 Å². The summed E-state index contributed by atoms with van der Waals surface area (Å²) in [5, 5.41) is 14.3. The van der Waals surface area contributed by atoms with E-state index in [4.69, 9.17) is 28.4 Å². The average Bonchev–Trinajstić information content (AvgIpc) is 3.80. The molecule has 59 heavy (non-hydrogen) atoms. The smallest absolute Gasteiger partial charge is 0.458 e. The number of ketones is 2. The lowest BCUT2D eigenvalue weighted by Gasteiger charge is -2.46. The lowest BCUT2D eigenvalue weighted by atomic mass is 9.73. The molecule has 3 fully saturated rings. The normalized spacial score (nSPS) is 36.0. The van der Waals surface area contributed by atoms with Crippen molar-refractivity contribution in [1.82, 2.24) is 15.2 Å². The predicted molar refractivity (Wildman–Crippen MR) is 218 cm³/mol. The first-order valence-electron chi connectivity index (χ1n) is 20.3. The van der Waals surface area contributed by atoms with Crippen molar-refractivity contribution in [2.24, 2.45) is 23.7 Å². The molecule has 0 spiro atoms. The Balaban J connectivity index is 1.49. The standard InChI is InChI=1S/C43H59N3O12S/c1-11-32-43(8)36(45-40(51)57-43)25(4)33(47)23(2)22-42(7,58-41(52)53-20-14-15-28-17-18-31(59-28)29-16-12-13-19-44-29)37(26(5)34(48)27(6)38(50)55-32)56-39-35(49)30(46(9)10)21-24(3)54-39/h12-19,23-27,30,32,35-37,39,49H,11,20-22H2,1-10H3,(H,45,51)/b15-14+/t23-,24-,25+,26+,27-,30+,32-,35-,36-,37-,39+,42-,43-/m1/s1. The van der Waals surface area contributed by atoms with Crippen molar-refractivity contribution in [3.05, 3.63) is 47.5 Å². The number of thiophene rings is 1. The highest BCUT2D eigenvalue weighted by molar-refractivity contribution is 7.16. The van der Waals surface area contributed by atoms with Gasteiger partial charge in [-0.15, -0.1) is 11.3 Å². The number of likely N-dealkylation sites (N-methyl/N-ethyl adjacent to an activating group) is 1. The van der Waals surface area contributed by atoms with Gasteiger partial charge >= 0.3 is 18.2 Å². The van der Waals surface area contributed by atoms with E-state index in [9.17, 15) is 29.1 Å². The minimum absolute atomic E-state index is 0.175. The number of aromatic nitrogens is 1. The third-order valence-electron chi connectivity index (χ3n) is 11.9. The summed E-state index contributed by atoms with van der Waals surface area (Å²) in [6.45, 7) is 12.8. The van der Waals surface area contributed by atoms with Gasteiger partial charge in [0.15, 0.2) is 17.7 Å². The fourth-order valence-corrected chi connectivity index (χ4v) is 9.59. The second-order valence-corrected chi connectivity index (χ2v) is 17.8. The van der Waals surface area contributed by atoms with Crippen LogP contribution in [0, 0.1) is 23.7 Å². The summed E-state index contributed by atoms with van der Waals surface area (Å²) in [5.74, 6) is -6.07. The van der Waals surface area contributed by atoms with E-state index < -0.39 is 89.5 Å². The molecule has 1 amide bonds. The molecule has 3 aliphatic rings. The Bertz CT molecular complexity index is 1850. The van der Waals surface area contributed by atoms with E-state index in [-0.39, 0.29) is 37.4 Å². The lowest BCUT2D eigenvalue weighted by molar-refractivity contribution is -0.293. The van der Waals surface area contributed by atoms with Gasteiger partial charge < -0.3 is 43.7 Å². The molecule has 16 heteroatoms. The quantitative estimate of drug-likeness (QED) is 0.175. The zero-order chi connectivity index (χ0) is 43.4. The lowest BCUT2D eigenvalue weighted by Crippen LogP contribution is -2.60. The van der Waals surface area contributed by atoms with E-state index in [2.05, 4.69) is 10.3 Å². The third-order valence-corrected chi connectivity index (χ3v) is 13.0. The third kappa shape index (κ3) is 10.2. The van der Waals surface area contributed by atoms with Gasteiger partial charge in [0.2, 0.25) is 0 Å². The number of nitrogens with zero attached hydrogens (tertiary/aromatic N) is 2. The maximum atomic E-state index is 14.4. The number of aliphatic hydroxyl groups excluding tert-OH is 1. The number of cyclic esters (lactones) is 1. The monoisotopic (exact) mass is 841 g/mol. The van der Waals surface area contributed by atoms with Crippen LogP contribution >= 0.6 is 11.3 Å². The molecular formula is C43H59N3O12S. The first-order valence-corrected chi connectivity index (χ1v) is 21.1. The minimum atomic E-state index is -1.80. The molecule has 3 saturated heterocycles.